The third-order valence-corrected chi connectivity index (χ3v) is 2.58. The van der Waals surface area contributed by atoms with E-state index in [0.717, 1.165) is 0 Å². The monoisotopic (exact) mass is 194 g/mol. The zero-order valence-electron chi connectivity index (χ0n) is 7.74. The molecule has 0 amide bonds. The summed E-state index contributed by atoms with van der Waals surface area (Å²) in [6.07, 6.45) is 9.37. The normalized spacial score (nSPS) is 20.3. The minimum absolute atomic E-state index is 0.355. The molecule has 0 unspecified atom stereocenters. The fraction of sp³-hybridized carbons (Fsp3) is 0.500. The predicted octanol–water partition coefficient (Wildman–Crippen LogP) is 1.16. The quantitative estimate of drug-likeness (QED) is 0.627. The Labute approximate surface area is 81.9 Å². The molecule has 0 saturated carbocycles. The molecule has 0 spiro atoms. The molecule has 2 rings (SSSR count). The van der Waals surface area contributed by atoms with Gasteiger partial charge in [0.05, 0.1) is 12.4 Å². The molecule has 14 heavy (non-hydrogen) atoms. The molecular formula is C10H11FN2O. The summed E-state index contributed by atoms with van der Waals surface area (Å²) in [6.45, 7) is 1.21. The fourth-order valence-corrected chi connectivity index (χ4v) is 1.68. The highest BCUT2D eigenvalue weighted by molar-refractivity contribution is 5.12. The summed E-state index contributed by atoms with van der Waals surface area (Å²) in [4.78, 5) is 0. The van der Waals surface area contributed by atoms with Crippen LogP contribution >= 0.6 is 0 Å². The number of aromatic nitrogens is 2. The van der Waals surface area contributed by atoms with E-state index in [2.05, 4.69) is 11.0 Å². The van der Waals surface area contributed by atoms with Crippen LogP contribution < -0.4 is 0 Å². The van der Waals surface area contributed by atoms with Crippen LogP contribution in [0, 0.1) is 18.2 Å². The third-order valence-electron chi connectivity index (χ3n) is 2.58. The summed E-state index contributed by atoms with van der Waals surface area (Å²) >= 11 is 0. The van der Waals surface area contributed by atoms with E-state index in [-0.39, 0.29) is 5.82 Å². The summed E-state index contributed by atoms with van der Waals surface area (Å²) in [6, 6.07) is 0. The van der Waals surface area contributed by atoms with Crippen molar-refractivity contribution in [2.45, 2.75) is 18.4 Å². The lowest BCUT2D eigenvalue weighted by molar-refractivity contribution is 0.0410. The number of rotatable bonds is 1. The Balaban J connectivity index is 2.32. The van der Waals surface area contributed by atoms with Crippen molar-refractivity contribution in [3.8, 4) is 12.3 Å². The molecular weight excluding hydrogens is 183 g/mol. The second-order valence-corrected chi connectivity index (χ2v) is 3.39. The maximum Gasteiger partial charge on any atom is 0.161 e. The van der Waals surface area contributed by atoms with E-state index < -0.39 is 5.54 Å². The first-order valence-corrected chi connectivity index (χ1v) is 4.53. The van der Waals surface area contributed by atoms with Gasteiger partial charge in [-0.25, -0.2) is 4.39 Å². The first-order chi connectivity index (χ1) is 6.77. The van der Waals surface area contributed by atoms with Gasteiger partial charge in [-0.15, -0.1) is 6.42 Å². The van der Waals surface area contributed by atoms with Crippen molar-refractivity contribution in [1.29, 1.82) is 0 Å². The zero-order valence-corrected chi connectivity index (χ0v) is 7.74. The number of hydrogen-bond donors (Lipinski definition) is 0. The van der Waals surface area contributed by atoms with Gasteiger partial charge in [-0.2, -0.15) is 5.10 Å². The Bertz CT molecular complexity index is 360. The van der Waals surface area contributed by atoms with Crippen molar-refractivity contribution in [2.75, 3.05) is 13.2 Å². The molecule has 1 saturated heterocycles. The Kier molecular flexibility index (Phi) is 2.26. The van der Waals surface area contributed by atoms with Gasteiger partial charge in [0.15, 0.2) is 5.82 Å². The molecule has 1 aromatic heterocycles. The topological polar surface area (TPSA) is 27.1 Å². The number of terminal acetylenes is 1. The molecule has 0 atom stereocenters. The van der Waals surface area contributed by atoms with Gasteiger partial charge in [0.1, 0.15) is 5.54 Å². The molecule has 0 N–H and O–H groups in total. The van der Waals surface area contributed by atoms with Crippen LogP contribution in [0.1, 0.15) is 12.8 Å². The SMILES string of the molecule is C#CC1(n2cc(F)cn2)CCOCC1. The van der Waals surface area contributed by atoms with Crippen LogP contribution in [0.4, 0.5) is 4.39 Å². The van der Waals surface area contributed by atoms with Gasteiger partial charge in [0.25, 0.3) is 0 Å². The molecule has 2 heterocycles. The summed E-state index contributed by atoms with van der Waals surface area (Å²) < 4.78 is 19.6. The molecule has 1 fully saturated rings. The van der Waals surface area contributed by atoms with Crippen molar-refractivity contribution in [2.24, 2.45) is 0 Å². The highest BCUT2D eigenvalue weighted by Crippen LogP contribution is 2.27. The average molecular weight is 194 g/mol. The minimum Gasteiger partial charge on any atom is -0.381 e. The molecule has 1 aliphatic heterocycles. The Morgan fingerprint density at radius 2 is 2.29 bits per heavy atom. The molecule has 3 nitrogen and oxygen atoms in total. The van der Waals surface area contributed by atoms with Crippen LogP contribution in [0.25, 0.3) is 0 Å². The molecule has 0 bridgehead atoms. The average Bonchev–Trinajstić information content (AvgIpc) is 2.66. The molecule has 0 aliphatic carbocycles. The third kappa shape index (κ3) is 1.40. The van der Waals surface area contributed by atoms with Crippen molar-refractivity contribution in [3.05, 3.63) is 18.2 Å². The molecule has 1 aromatic rings. The molecule has 74 valence electrons. The van der Waals surface area contributed by atoms with Crippen LogP contribution in [0.3, 0.4) is 0 Å². The number of hydrogen-bond acceptors (Lipinski definition) is 2. The second-order valence-electron chi connectivity index (χ2n) is 3.39. The van der Waals surface area contributed by atoms with E-state index in [1.165, 1.54) is 17.1 Å². The highest BCUT2D eigenvalue weighted by atomic mass is 19.1. The smallest absolute Gasteiger partial charge is 0.161 e. The number of halogens is 1. The minimum atomic E-state index is -0.497. The molecule has 4 heteroatoms. The first-order valence-electron chi connectivity index (χ1n) is 4.53. The van der Waals surface area contributed by atoms with Crippen LogP contribution in [-0.4, -0.2) is 23.0 Å². The van der Waals surface area contributed by atoms with Gasteiger partial charge in [-0.3, -0.25) is 4.68 Å². The van der Waals surface area contributed by atoms with E-state index in [1.54, 1.807) is 0 Å². The summed E-state index contributed by atoms with van der Waals surface area (Å²) in [7, 11) is 0. The van der Waals surface area contributed by atoms with Gasteiger partial charge in [-0.05, 0) is 0 Å². The van der Waals surface area contributed by atoms with E-state index in [9.17, 15) is 4.39 Å². The molecule has 0 radical (unpaired) electrons. The van der Waals surface area contributed by atoms with Crippen molar-refractivity contribution in [1.82, 2.24) is 9.78 Å². The maximum atomic E-state index is 12.8. The lowest BCUT2D eigenvalue weighted by Gasteiger charge is -2.32. The largest absolute Gasteiger partial charge is 0.381 e. The molecule has 1 aliphatic rings. The Morgan fingerprint density at radius 1 is 1.57 bits per heavy atom. The zero-order chi connectivity index (χ0) is 10.0. The summed E-state index contributed by atoms with van der Waals surface area (Å²) in [5.74, 6) is 2.35. The fourth-order valence-electron chi connectivity index (χ4n) is 1.68. The number of nitrogens with zero attached hydrogens (tertiary/aromatic N) is 2. The van der Waals surface area contributed by atoms with Crippen molar-refractivity contribution >= 4 is 0 Å². The van der Waals surface area contributed by atoms with Crippen LogP contribution in [0.2, 0.25) is 0 Å². The predicted molar refractivity (Wildman–Crippen MR) is 49.0 cm³/mol. The van der Waals surface area contributed by atoms with E-state index in [1.807, 2.05) is 0 Å². The van der Waals surface area contributed by atoms with E-state index in [0.29, 0.717) is 26.1 Å². The summed E-state index contributed by atoms with van der Waals surface area (Å²) in [5, 5.41) is 3.93. The maximum absolute atomic E-state index is 12.8. The Hall–Kier alpha value is -1.34. The second kappa shape index (κ2) is 3.43. The molecule has 0 aromatic carbocycles. The van der Waals surface area contributed by atoms with E-state index in [4.69, 9.17) is 11.2 Å². The van der Waals surface area contributed by atoms with Crippen molar-refractivity contribution in [3.63, 3.8) is 0 Å². The van der Waals surface area contributed by atoms with Gasteiger partial charge in [0, 0.05) is 26.1 Å². The number of ether oxygens (including phenoxy) is 1. The van der Waals surface area contributed by atoms with Gasteiger partial charge in [0.2, 0.25) is 0 Å². The Morgan fingerprint density at radius 3 is 2.79 bits per heavy atom. The summed E-state index contributed by atoms with van der Waals surface area (Å²) in [5.41, 5.74) is -0.497. The van der Waals surface area contributed by atoms with Crippen LogP contribution in [-0.2, 0) is 10.3 Å². The lowest BCUT2D eigenvalue weighted by Crippen LogP contribution is -2.38. The van der Waals surface area contributed by atoms with Gasteiger partial charge >= 0.3 is 0 Å². The van der Waals surface area contributed by atoms with E-state index >= 15 is 0 Å². The van der Waals surface area contributed by atoms with Crippen LogP contribution in [0.5, 0.6) is 0 Å². The standard InChI is InChI=1S/C10H11FN2O/c1-2-10(3-5-14-6-4-10)13-8-9(11)7-12-13/h1,7-8H,3-6H2. The van der Waals surface area contributed by atoms with Crippen LogP contribution in [0.15, 0.2) is 12.4 Å². The first kappa shape index (κ1) is 9.22. The van der Waals surface area contributed by atoms with Gasteiger partial charge < -0.3 is 4.74 Å². The van der Waals surface area contributed by atoms with Crippen molar-refractivity contribution < 1.29 is 9.13 Å². The highest BCUT2D eigenvalue weighted by Gasteiger charge is 2.33. The van der Waals surface area contributed by atoms with Gasteiger partial charge in [-0.1, -0.05) is 5.92 Å². The lowest BCUT2D eigenvalue weighted by atomic mass is 9.91.